The van der Waals surface area contributed by atoms with Crippen molar-refractivity contribution in [1.82, 2.24) is 19.4 Å². The lowest BCUT2D eigenvalue weighted by molar-refractivity contribution is 0.0658. The van der Waals surface area contributed by atoms with Crippen LogP contribution in [0.4, 0.5) is 0 Å². The fourth-order valence-electron chi connectivity index (χ4n) is 4.60. The second-order valence-corrected chi connectivity index (χ2v) is 8.21. The first kappa shape index (κ1) is 19.5. The predicted octanol–water partition coefficient (Wildman–Crippen LogP) is 3.75. The summed E-state index contributed by atoms with van der Waals surface area (Å²) in [6, 6.07) is 19.0. The minimum atomic E-state index is -0.328. The summed E-state index contributed by atoms with van der Waals surface area (Å²) >= 11 is 0. The van der Waals surface area contributed by atoms with Gasteiger partial charge in [0.15, 0.2) is 0 Å². The first-order chi connectivity index (χ1) is 15.2. The number of imidazole rings is 1. The van der Waals surface area contributed by atoms with Crippen LogP contribution in [0.2, 0.25) is 0 Å². The Morgan fingerprint density at radius 1 is 0.774 bits per heavy atom. The van der Waals surface area contributed by atoms with Crippen LogP contribution >= 0.6 is 0 Å². The third-order valence-electron chi connectivity index (χ3n) is 6.20. The van der Waals surface area contributed by atoms with Crippen molar-refractivity contribution in [3.8, 4) is 0 Å². The van der Waals surface area contributed by atoms with Crippen molar-refractivity contribution < 1.29 is 9.59 Å². The molecule has 31 heavy (non-hydrogen) atoms. The van der Waals surface area contributed by atoms with Crippen molar-refractivity contribution in [2.45, 2.75) is 31.8 Å². The van der Waals surface area contributed by atoms with Crippen molar-refractivity contribution in [3.63, 3.8) is 0 Å². The van der Waals surface area contributed by atoms with E-state index in [4.69, 9.17) is 4.98 Å². The minimum Gasteiger partial charge on any atom is -0.337 e. The molecule has 0 saturated carbocycles. The van der Waals surface area contributed by atoms with Gasteiger partial charge >= 0.3 is 0 Å². The Morgan fingerprint density at radius 2 is 1.45 bits per heavy atom. The van der Waals surface area contributed by atoms with E-state index in [0.29, 0.717) is 24.3 Å². The van der Waals surface area contributed by atoms with E-state index >= 15 is 0 Å². The summed E-state index contributed by atoms with van der Waals surface area (Å²) in [5.74, 6) is 0.726. The molecule has 2 amide bonds. The van der Waals surface area contributed by atoms with Gasteiger partial charge in [-0.15, -0.1) is 0 Å². The molecule has 0 spiro atoms. The number of aromatic nitrogens is 2. The van der Waals surface area contributed by atoms with Gasteiger partial charge in [-0.2, -0.15) is 0 Å². The van der Waals surface area contributed by atoms with Gasteiger partial charge in [-0.05, 0) is 37.0 Å². The van der Waals surface area contributed by atoms with E-state index in [0.717, 1.165) is 37.3 Å². The molecular formula is C25H26N4O2. The molecule has 158 valence electrons. The van der Waals surface area contributed by atoms with E-state index in [2.05, 4.69) is 0 Å². The van der Waals surface area contributed by atoms with Crippen molar-refractivity contribution in [1.29, 1.82) is 0 Å². The molecule has 1 saturated heterocycles. The molecule has 2 aliphatic rings. The number of rotatable bonds is 3. The molecular weight excluding hydrogens is 388 g/mol. The number of nitrogens with zero attached hydrogens (tertiary/aromatic N) is 4. The first-order valence-corrected chi connectivity index (χ1v) is 11.0. The Hall–Kier alpha value is -3.41. The monoisotopic (exact) mass is 414 g/mol. The highest BCUT2D eigenvalue weighted by Crippen LogP contribution is 2.33. The Morgan fingerprint density at radius 3 is 2.16 bits per heavy atom. The van der Waals surface area contributed by atoms with E-state index in [1.807, 2.05) is 81.2 Å². The van der Waals surface area contributed by atoms with E-state index in [1.54, 1.807) is 0 Å². The van der Waals surface area contributed by atoms with Crippen LogP contribution in [0.1, 0.15) is 57.5 Å². The maximum atomic E-state index is 13.4. The summed E-state index contributed by atoms with van der Waals surface area (Å²) < 4.78 is 2.05. The number of benzene rings is 2. The van der Waals surface area contributed by atoms with Crippen LogP contribution in [0.15, 0.2) is 66.9 Å². The molecule has 1 fully saturated rings. The maximum Gasteiger partial charge on any atom is 0.274 e. The number of carbonyl (C=O) groups is 2. The maximum absolute atomic E-state index is 13.4. The fraction of sp³-hybridized carbons (Fsp3) is 0.320. The average molecular weight is 415 g/mol. The molecule has 6 nitrogen and oxygen atoms in total. The first-order valence-electron chi connectivity index (χ1n) is 11.0. The topological polar surface area (TPSA) is 58.4 Å². The van der Waals surface area contributed by atoms with Crippen LogP contribution in [0.25, 0.3) is 0 Å². The molecule has 0 N–H and O–H groups in total. The molecule has 0 radical (unpaired) electrons. The van der Waals surface area contributed by atoms with Crippen LogP contribution < -0.4 is 0 Å². The molecule has 0 aliphatic carbocycles. The van der Waals surface area contributed by atoms with Crippen LogP contribution in [-0.2, 0) is 6.54 Å². The number of piperidine rings is 1. The zero-order valence-corrected chi connectivity index (χ0v) is 17.5. The van der Waals surface area contributed by atoms with Gasteiger partial charge in [0.1, 0.15) is 17.6 Å². The second kappa shape index (κ2) is 8.38. The molecule has 1 unspecified atom stereocenters. The van der Waals surface area contributed by atoms with Gasteiger partial charge in [-0.25, -0.2) is 4.98 Å². The third kappa shape index (κ3) is 3.74. The van der Waals surface area contributed by atoms with Crippen LogP contribution in [0.3, 0.4) is 0 Å². The quantitative estimate of drug-likeness (QED) is 0.656. The summed E-state index contributed by atoms with van der Waals surface area (Å²) in [5, 5.41) is 0. The largest absolute Gasteiger partial charge is 0.337 e. The Labute approximate surface area is 182 Å². The van der Waals surface area contributed by atoms with Crippen LogP contribution in [0, 0.1) is 0 Å². The van der Waals surface area contributed by atoms with Crippen molar-refractivity contribution in [2.24, 2.45) is 0 Å². The lowest BCUT2D eigenvalue weighted by atomic mass is 10.0. The summed E-state index contributed by atoms with van der Waals surface area (Å²) in [7, 11) is 0. The van der Waals surface area contributed by atoms with E-state index in [1.165, 1.54) is 6.42 Å². The number of hydrogen-bond donors (Lipinski definition) is 0. The minimum absolute atomic E-state index is 0.00523. The standard InChI is InChI=1S/C25H26N4O2/c30-24(20-12-6-2-7-13-20)29-17-16-28-18-21(25(31)27-14-8-3-9-15-27)26-23(28)22(29)19-10-4-1-5-11-19/h1-2,4-7,10-13,18,22H,3,8-9,14-17H2. The third-order valence-corrected chi connectivity index (χ3v) is 6.20. The van der Waals surface area contributed by atoms with Crippen molar-refractivity contribution in [2.75, 3.05) is 19.6 Å². The highest BCUT2D eigenvalue weighted by molar-refractivity contribution is 5.95. The summed E-state index contributed by atoms with van der Waals surface area (Å²) in [4.78, 5) is 35.0. The zero-order valence-electron chi connectivity index (χ0n) is 17.5. The molecule has 0 bridgehead atoms. The SMILES string of the molecule is O=C(c1cn2c(n1)C(c1ccccc1)N(C(=O)c1ccccc1)CC2)N1CCCCC1. The van der Waals surface area contributed by atoms with Gasteiger partial charge in [-0.3, -0.25) is 9.59 Å². The van der Waals surface area contributed by atoms with Gasteiger partial charge < -0.3 is 14.4 Å². The van der Waals surface area contributed by atoms with Gasteiger partial charge in [0, 0.05) is 37.9 Å². The Balaban J connectivity index is 1.52. The Bertz CT molecular complexity index is 1070. The molecule has 3 heterocycles. The summed E-state index contributed by atoms with van der Waals surface area (Å²) in [5.41, 5.74) is 2.13. The number of carbonyl (C=O) groups excluding carboxylic acids is 2. The molecule has 6 heteroatoms. The molecule has 2 aliphatic heterocycles. The molecule has 2 aromatic carbocycles. The van der Waals surface area contributed by atoms with E-state index in [9.17, 15) is 9.59 Å². The highest BCUT2D eigenvalue weighted by Gasteiger charge is 2.35. The van der Waals surface area contributed by atoms with Gasteiger partial charge in [-0.1, -0.05) is 48.5 Å². The molecule has 5 rings (SSSR count). The van der Waals surface area contributed by atoms with Crippen molar-refractivity contribution >= 4 is 11.8 Å². The highest BCUT2D eigenvalue weighted by atomic mass is 16.2. The summed E-state index contributed by atoms with van der Waals surface area (Å²) in [6.45, 7) is 2.77. The van der Waals surface area contributed by atoms with Gasteiger partial charge in [0.25, 0.3) is 11.8 Å². The Kier molecular flexibility index (Phi) is 5.28. The fourth-order valence-corrected chi connectivity index (χ4v) is 4.60. The van der Waals surface area contributed by atoms with Gasteiger partial charge in [0.05, 0.1) is 0 Å². The molecule has 1 aromatic heterocycles. The van der Waals surface area contributed by atoms with E-state index < -0.39 is 0 Å². The second-order valence-electron chi connectivity index (χ2n) is 8.21. The smallest absolute Gasteiger partial charge is 0.274 e. The predicted molar refractivity (Wildman–Crippen MR) is 118 cm³/mol. The van der Waals surface area contributed by atoms with Crippen LogP contribution in [-0.4, -0.2) is 50.8 Å². The van der Waals surface area contributed by atoms with Crippen molar-refractivity contribution in [3.05, 3.63) is 89.5 Å². The molecule has 3 aromatic rings. The van der Waals surface area contributed by atoms with E-state index in [-0.39, 0.29) is 17.9 Å². The lowest BCUT2D eigenvalue weighted by Gasteiger charge is -2.36. The number of hydrogen-bond acceptors (Lipinski definition) is 3. The number of amides is 2. The number of fused-ring (bicyclic) bond motifs is 1. The van der Waals surface area contributed by atoms with Gasteiger partial charge in [0.2, 0.25) is 0 Å². The normalized spacial score (nSPS) is 18.5. The average Bonchev–Trinajstić information content (AvgIpc) is 3.28. The zero-order chi connectivity index (χ0) is 21.2. The summed E-state index contributed by atoms with van der Waals surface area (Å²) in [6.07, 6.45) is 5.14. The number of likely N-dealkylation sites (tertiary alicyclic amines) is 1. The van der Waals surface area contributed by atoms with Crippen LogP contribution in [0.5, 0.6) is 0 Å². The lowest BCUT2D eigenvalue weighted by Crippen LogP contribution is -2.42. The molecule has 1 atom stereocenters.